The number of alkyl halides is 3. The van der Waals surface area contributed by atoms with E-state index in [-0.39, 0.29) is 28.9 Å². The van der Waals surface area contributed by atoms with Gasteiger partial charge in [-0.15, -0.1) is 0 Å². The number of anilines is 2. The van der Waals surface area contributed by atoms with E-state index in [2.05, 4.69) is 15.6 Å². The van der Waals surface area contributed by atoms with Crippen LogP contribution in [0.15, 0.2) is 71.6 Å². The van der Waals surface area contributed by atoms with Crippen LogP contribution in [0.5, 0.6) is 0 Å². The second kappa shape index (κ2) is 9.04. The number of imidazole rings is 1. The van der Waals surface area contributed by atoms with Crippen LogP contribution in [0.4, 0.5) is 24.8 Å². The van der Waals surface area contributed by atoms with Crippen molar-refractivity contribution in [3.63, 3.8) is 0 Å². The van der Waals surface area contributed by atoms with E-state index in [1.165, 1.54) is 55.6 Å². The molecule has 4 rings (SSSR count). The van der Waals surface area contributed by atoms with Gasteiger partial charge in [-0.3, -0.25) is 4.79 Å². The lowest BCUT2D eigenvalue weighted by atomic mass is 10.1. The Balaban J connectivity index is 1.82. The average molecular weight is 504 g/mol. The van der Waals surface area contributed by atoms with Crippen LogP contribution < -0.4 is 15.8 Å². The largest absolute Gasteiger partial charge is 0.416 e. The van der Waals surface area contributed by atoms with Crippen molar-refractivity contribution < 1.29 is 26.4 Å². The maximum atomic E-state index is 13.6. The molecular weight excluding hydrogens is 483 g/mol. The Morgan fingerprint density at radius 2 is 1.74 bits per heavy atom. The summed E-state index contributed by atoms with van der Waals surface area (Å²) in [6.07, 6.45) is -4.55. The highest BCUT2D eigenvalue weighted by Gasteiger charge is 2.33. The van der Waals surface area contributed by atoms with E-state index in [0.717, 1.165) is 6.07 Å². The number of carbonyl (C=O) groups excluding carboxylic acids is 1. The van der Waals surface area contributed by atoms with Gasteiger partial charge in [0.1, 0.15) is 0 Å². The highest BCUT2D eigenvalue weighted by molar-refractivity contribution is 7.89. The van der Waals surface area contributed by atoms with Gasteiger partial charge in [0.15, 0.2) is 0 Å². The summed E-state index contributed by atoms with van der Waals surface area (Å²) in [5.41, 5.74) is 0.918. The zero-order chi connectivity index (χ0) is 25.4. The van der Waals surface area contributed by atoms with Crippen LogP contribution in [0.25, 0.3) is 11.0 Å². The van der Waals surface area contributed by atoms with Gasteiger partial charge in [-0.05, 0) is 54.1 Å². The van der Waals surface area contributed by atoms with Crippen LogP contribution >= 0.6 is 0 Å². The highest BCUT2D eigenvalue weighted by atomic mass is 32.2. The standard InChI is InChI=1S/C23H20F3N5O3S/c1-28-21(32)14-6-11-20-19(12-14)30-22(29-16-7-9-17(10-8-16)35(27,33)34)31(20)13-15-4-2-3-5-18(15)23(24,25)26/h2-12H,13H2,1H3,(H,28,32)(H,29,30)(H2,27,33,34). The molecule has 0 saturated carbocycles. The zero-order valence-corrected chi connectivity index (χ0v) is 19.1. The highest BCUT2D eigenvalue weighted by Crippen LogP contribution is 2.34. The molecule has 0 fully saturated rings. The summed E-state index contributed by atoms with van der Waals surface area (Å²) in [4.78, 5) is 16.5. The van der Waals surface area contributed by atoms with Crippen LogP contribution in [0.3, 0.4) is 0 Å². The molecule has 0 saturated heterocycles. The number of nitrogens with zero attached hydrogens (tertiary/aromatic N) is 2. The van der Waals surface area contributed by atoms with Gasteiger partial charge in [-0.2, -0.15) is 13.2 Å². The van der Waals surface area contributed by atoms with Crippen molar-refractivity contribution >= 4 is 38.6 Å². The molecule has 1 aromatic heterocycles. The van der Waals surface area contributed by atoms with Gasteiger partial charge < -0.3 is 15.2 Å². The van der Waals surface area contributed by atoms with Crippen LogP contribution in [0.1, 0.15) is 21.5 Å². The lowest BCUT2D eigenvalue weighted by Gasteiger charge is -2.16. The van der Waals surface area contributed by atoms with Crippen LogP contribution in [-0.4, -0.2) is 30.9 Å². The molecular formula is C23H20F3N5O3S. The van der Waals surface area contributed by atoms with Crippen molar-refractivity contribution in [2.24, 2.45) is 5.14 Å². The predicted molar refractivity (Wildman–Crippen MR) is 125 cm³/mol. The van der Waals surface area contributed by atoms with Gasteiger partial charge in [-0.1, -0.05) is 18.2 Å². The molecule has 35 heavy (non-hydrogen) atoms. The molecule has 4 aromatic rings. The number of rotatable bonds is 6. The summed E-state index contributed by atoms with van der Waals surface area (Å²) in [5, 5.41) is 10.7. The third kappa shape index (κ3) is 5.12. The average Bonchev–Trinajstić information content (AvgIpc) is 3.14. The Bertz CT molecular complexity index is 1510. The number of benzene rings is 3. The number of fused-ring (bicyclic) bond motifs is 1. The third-order valence-corrected chi connectivity index (χ3v) is 6.26. The molecule has 4 N–H and O–H groups in total. The molecule has 0 unspecified atom stereocenters. The molecule has 0 aliphatic rings. The molecule has 3 aromatic carbocycles. The van der Waals surface area contributed by atoms with Crippen molar-refractivity contribution in [3.05, 3.63) is 83.4 Å². The number of amides is 1. The topological polar surface area (TPSA) is 119 Å². The molecule has 1 amide bonds. The van der Waals surface area contributed by atoms with Gasteiger partial charge in [0.05, 0.1) is 28.0 Å². The van der Waals surface area contributed by atoms with E-state index < -0.39 is 21.8 Å². The van der Waals surface area contributed by atoms with Crippen LogP contribution in [-0.2, 0) is 22.7 Å². The number of hydrogen-bond acceptors (Lipinski definition) is 5. The fourth-order valence-electron chi connectivity index (χ4n) is 3.63. The number of carbonyl (C=O) groups is 1. The molecule has 0 aliphatic heterocycles. The first kappa shape index (κ1) is 24.2. The van der Waals surface area contributed by atoms with Gasteiger partial charge in [0, 0.05) is 18.3 Å². The van der Waals surface area contributed by atoms with Crippen LogP contribution in [0, 0.1) is 0 Å². The van der Waals surface area contributed by atoms with Crippen molar-refractivity contribution in [2.45, 2.75) is 17.6 Å². The first-order valence-electron chi connectivity index (χ1n) is 10.2. The Morgan fingerprint density at radius 1 is 1.06 bits per heavy atom. The van der Waals surface area contributed by atoms with Crippen molar-refractivity contribution in [1.82, 2.24) is 14.9 Å². The molecule has 0 bridgehead atoms. The lowest BCUT2D eigenvalue weighted by Crippen LogP contribution is -2.17. The smallest absolute Gasteiger partial charge is 0.355 e. The zero-order valence-electron chi connectivity index (χ0n) is 18.3. The molecule has 1 heterocycles. The maximum Gasteiger partial charge on any atom is 0.416 e. The van der Waals surface area contributed by atoms with E-state index in [4.69, 9.17) is 5.14 Å². The number of aromatic nitrogens is 2. The van der Waals surface area contributed by atoms with E-state index in [1.807, 2.05) is 0 Å². The normalized spacial score (nSPS) is 12.0. The summed E-state index contributed by atoms with van der Waals surface area (Å²) in [7, 11) is -2.41. The maximum absolute atomic E-state index is 13.6. The van der Waals surface area contributed by atoms with E-state index in [1.54, 1.807) is 16.7 Å². The Kier molecular flexibility index (Phi) is 6.26. The molecule has 0 atom stereocenters. The first-order valence-corrected chi connectivity index (χ1v) is 11.8. The van der Waals surface area contributed by atoms with E-state index >= 15 is 0 Å². The summed E-state index contributed by atoms with van der Waals surface area (Å²) in [5.74, 6) is -0.133. The minimum absolute atomic E-state index is 0.0299. The second-order valence-electron chi connectivity index (χ2n) is 7.65. The number of nitrogens with two attached hydrogens (primary N) is 1. The summed E-state index contributed by atoms with van der Waals surface area (Å²) in [6.45, 7) is -0.164. The van der Waals surface area contributed by atoms with Gasteiger partial charge >= 0.3 is 6.18 Å². The second-order valence-corrected chi connectivity index (χ2v) is 9.21. The third-order valence-electron chi connectivity index (χ3n) is 5.33. The molecule has 0 spiro atoms. The van der Waals surface area contributed by atoms with E-state index in [0.29, 0.717) is 22.3 Å². The van der Waals surface area contributed by atoms with Gasteiger partial charge in [-0.25, -0.2) is 18.5 Å². The molecule has 0 radical (unpaired) electrons. The van der Waals surface area contributed by atoms with Crippen LogP contribution in [0.2, 0.25) is 0 Å². The predicted octanol–water partition coefficient (Wildman–Crippen LogP) is 3.85. The Morgan fingerprint density at radius 3 is 2.37 bits per heavy atom. The minimum Gasteiger partial charge on any atom is -0.355 e. The quantitative estimate of drug-likeness (QED) is 0.369. The number of primary sulfonamides is 1. The SMILES string of the molecule is CNC(=O)c1ccc2c(c1)nc(Nc1ccc(S(N)(=O)=O)cc1)n2Cc1ccccc1C(F)(F)F. The number of hydrogen-bond donors (Lipinski definition) is 3. The fourth-order valence-corrected chi connectivity index (χ4v) is 4.15. The van der Waals surface area contributed by atoms with Crippen molar-refractivity contribution in [2.75, 3.05) is 12.4 Å². The number of halogens is 3. The summed E-state index contributed by atoms with van der Waals surface area (Å²) in [6, 6.07) is 15.5. The first-order chi connectivity index (χ1) is 16.5. The molecule has 8 nitrogen and oxygen atoms in total. The Hall–Kier alpha value is -3.90. The molecule has 12 heteroatoms. The molecule has 182 valence electrons. The Labute approximate surface area is 198 Å². The molecule has 0 aliphatic carbocycles. The summed E-state index contributed by atoms with van der Waals surface area (Å²) < 4.78 is 65.4. The lowest BCUT2D eigenvalue weighted by molar-refractivity contribution is -0.138. The van der Waals surface area contributed by atoms with E-state index in [9.17, 15) is 26.4 Å². The van der Waals surface area contributed by atoms with Gasteiger partial charge in [0.2, 0.25) is 16.0 Å². The van der Waals surface area contributed by atoms with Crippen molar-refractivity contribution in [3.8, 4) is 0 Å². The number of sulfonamides is 1. The van der Waals surface area contributed by atoms with Crippen molar-refractivity contribution in [1.29, 1.82) is 0 Å². The number of nitrogens with one attached hydrogen (secondary N) is 2. The minimum atomic E-state index is -4.55. The summed E-state index contributed by atoms with van der Waals surface area (Å²) >= 11 is 0. The monoisotopic (exact) mass is 503 g/mol. The van der Waals surface area contributed by atoms with Gasteiger partial charge in [0.25, 0.3) is 5.91 Å². The fraction of sp³-hybridized carbons (Fsp3) is 0.130.